The normalized spacial score (nSPS) is 14.5. The predicted molar refractivity (Wildman–Crippen MR) is 123 cm³/mol. The number of hydrogen-bond acceptors (Lipinski definition) is 6. The molecule has 0 atom stereocenters. The zero-order valence-electron chi connectivity index (χ0n) is 16.7. The number of anilines is 2. The van der Waals surface area contributed by atoms with E-state index in [4.69, 9.17) is 14.7 Å². The standard InChI is InChI=1S/C23H21N5O2S/c29-23(26-18-2-1-10-24-14-18)25-17-5-3-16(4-6-17)22-27-19-9-13-31-21(19)20(28-22)15-7-11-30-12-8-15/h1-6,9-10,13-15H,7-8,11-12H2,(H2,25,26,29). The summed E-state index contributed by atoms with van der Waals surface area (Å²) in [5.74, 6) is 1.10. The fourth-order valence-corrected chi connectivity index (χ4v) is 4.60. The van der Waals surface area contributed by atoms with Gasteiger partial charge in [-0.3, -0.25) is 4.98 Å². The molecule has 3 aromatic heterocycles. The lowest BCUT2D eigenvalue weighted by Crippen LogP contribution is -2.19. The van der Waals surface area contributed by atoms with Crippen LogP contribution in [0.25, 0.3) is 21.6 Å². The molecule has 1 saturated heterocycles. The van der Waals surface area contributed by atoms with E-state index >= 15 is 0 Å². The molecule has 156 valence electrons. The van der Waals surface area contributed by atoms with Gasteiger partial charge < -0.3 is 15.4 Å². The minimum Gasteiger partial charge on any atom is -0.381 e. The monoisotopic (exact) mass is 431 g/mol. The first-order valence-corrected chi connectivity index (χ1v) is 11.1. The highest BCUT2D eigenvalue weighted by Crippen LogP contribution is 2.35. The third-order valence-corrected chi connectivity index (χ3v) is 6.18. The van der Waals surface area contributed by atoms with Crippen molar-refractivity contribution in [2.75, 3.05) is 23.8 Å². The quantitative estimate of drug-likeness (QED) is 0.458. The molecular formula is C23H21N5O2S. The van der Waals surface area contributed by atoms with Gasteiger partial charge in [0.15, 0.2) is 5.82 Å². The molecule has 0 spiro atoms. The van der Waals surface area contributed by atoms with Crippen molar-refractivity contribution < 1.29 is 9.53 Å². The Balaban J connectivity index is 1.36. The van der Waals surface area contributed by atoms with Crippen molar-refractivity contribution in [2.45, 2.75) is 18.8 Å². The molecule has 1 aliphatic heterocycles. The zero-order valence-corrected chi connectivity index (χ0v) is 17.6. The smallest absolute Gasteiger partial charge is 0.323 e. The second kappa shape index (κ2) is 8.79. The highest BCUT2D eigenvalue weighted by atomic mass is 32.1. The summed E-state index contributed by atoms with van der Waals surface area (Å²) in [6, 6.07) is 12.8. The van der Waals surface area contributed by atoms with Crippen LogP contribution in [-0.4, -0.2) is 34.2 Å². The maximum absolute atomic E-state index is 12.2. The van der Waals surface area contributed by atoms with Crippen LogP contribution in [0.1, 0.15) is 24.5 Å². The summed E-state index contributed by atoms with van der Waals surface area (Å²) in [6.07, 6.45) is 5.22. The van der Waals surface area contributed by atoms with E-state index in [0.717, 1.165) is 42.8 Å². The van der Waals surface area contributed by atoms with Crippen molar-refractivity contribution in [2.24, 2.45) is 0 Å². The van der Waals surface area contributed by atoms with E-state index in [1.54, 1.807) is 35.9 Å². The number of urea groups is 1. The summed E-state index contributed by atoms with van der Waals surface area (Å²) in [5, 5.41) is 7.65. The Bertz CT molecular complexity index is 1190. The van der Waals surface area contributed by atoms with Gasteiger partial charge in [-0.1, -0.05) is 0 Å². The molecule has 0 aliphatic carbocycles. The van der Waals surface area contributed by atoms with Crippen LogP contribution >= 0.6 is 11.3 Å². The summed E-state index contributed by atoms with van der Waals surface area (Å²) in [5.41, 5.74) is 4.34. The lowest BCUT2D eigenvalue weighted by Gasteiger charge is -2.22. The SMILES string of the molecule is O=C(Nc1ccc(-c2nc(C3CCOCC3)c3sccc3n2)cc1)Nc1cccnc1. The van der Waals surface area contributed by atoms with Crippen LogP contribution in [0.2, 0.25) is 0 Å². The van der Waals surface area contributed by atoms with E-state index in [-0.39, 0.29) is 6.03 Å². The number of amides is 2. The fourth-order valence-electron chi connectivity index (χ4n) is 3.70. The predicted octanol–water partition coefficient (Wildman–Crippen LogP) is 5.29. The molecule has 7 nitrogen and oxygen atoms in total. The average molecular weight is 432 g/mol. The Hall–Kier alpha value is -3.36. The lowest BCUT2D eigenvalue weighted by molar-refractivity contribution is 0.0848. The molecule has 0 bridgehead atoms. The molecule has 2 N–H and O–H groups in total. The molecule has 4 heterocycles. The van der Waals surface area contributed by atoms with E-state index < -0.39 is 0 Å². The number of thiophene rings is 1. The summed E-state index contributed by atoms with van der Waals surface area (Å²) < 4.78 is 6.70. The van der Waals surface area contributed by atoms with Gasteiger partial charge in [-0.05, 0) is 60.7 Å². The Labute approximate surface area is 183 Å². The molecule has 0 radical (unpaired) electrons. The molecule has 1 aromatic carbocycles. The van der Waals surface area contributed by atoms with Crippen molar-refractivity contribution >= 4 is 39.0 Å². The van der Waals surface area contributed by atoms with Crippen LogP contribution in [0, 0.1) is 0 Å². The van der Waals surface area contributed by atoms with Crippen LogP contribution in [0.5, 0.6) is 0 Å². The van der Waals surface area contributed by atoms with E-state index in [1.807, 2.05) is 30.3 Å². The molecule has 2 amide bonds. The second-order valence-corrected chi connectivity index (χ2v) is 8.27. The number of nitrogens with one attached hydrogen (secondary N) is 2. The summed E-state index contributed by atoms with van der Waals surface area (Å²) in [4.78, 5) is 25.9. The third-order valence-electron chi connectivity index (χ3n) is 5.26. The Morgan fingerprint density at radius 1 is 1.00 bits per heavy atom. The Morgan fingerprint density at radius 3 is 2.58 bits per heavy atom. The van der Waals surface area contributed by atoms with Gasteiger partial charge in [0.2, 0.25) is 0 Å². The van der Waals surface area contributed by atoms with Crippen molar-refractivity contribution in [1.82, 2.24) is 15.0 Å². The summed E-state index contributed by atoms with van der Waals surface area (Å²) in [7, 11) is 0. The number of hydrogen-bond donors (Lipinski definition) is 2. The molecule has 1 fully saturated rings. The van der Waals surface area contributed by atoms with Crippen molar-refractivity contribution in [3.8, 4) is 11.4 Å². The molecule has 31 heavy (non-hydrogen) atoms. The zero-order chi connectivity index (χ0) is 21.0. The van der Waals surface area contributed by atoms with Crippen molar-refractivity contribution in [1.29, 1.82) is 0 Å². The fraction of sp³-hybridized carbons (Fsp3) is 0.217. The van der Waals surface area contributed by atoms with Gasteiger partial charge in [0, 0.05) is 36.6 Å². The minimum absolute atomic E-state index is 0.321. The molecule has 4 aromatic rings. The first-order chi connectivity index (χ1) is 15.3. The maximum Gasteiger partial charge on any atom is 0.323 e. The van der Waals surface area contributed by atoms with Crippen molar-refractivity contribution in [3.05, 3.63) is 65.9 Å². The van der Waals surface area contributed by atoms with Gasteiger partial charge in [0.25, 0.3) is 0 Å². The van der Waals surface area contributed by atoms with E-state index in [1.165, 1.54) is 4.70 Å². The third kappa shape index (κ3) is 4.40. The van der Waals surface area contributed by atoms with E-state index in [2.05, 4.69) is 21.0 Å². The van der Waals surface area contributed by atoms with Crippen LogP contribution in [-0.2, 0) is 4.74 Å². The van der Waals surface area contributed by atoms with Gasteiger partial charge in [-0.15, -0.1) is 11.3 Å². The average Bonchev–Trinajstić information content (AvgIpc) is 3.29. The van der Waals surface area contributed by atoms with Crippen molar-refractivity contribution in [3.63, 3.8) is 0 Å². The van der Waals surface area contributed by atoms with Gasteiger partial charge in [0.1, 0.15) is 0 Å². The first-order valence-electron chi connectivity index (χ1n) is 10.2. The number of aromatic nitrogens is 3. The van der Waals surface area contributed by atoms with Gasteiger partial charge in [-0.2, -0.15) is 0 Å². The number of benzene rings is 1. The van der Waals surface area contributed by atoms with Crippen LogP contribution in [0.3, 0.4) is 0 Å². The lowest BCUT2D eigenvalue weighted by atomic mass is 9.96. The largest absolute Gasteiger partial charge is 0.381 e. The minimum atomic E-state index is -0.321. The highest BCUT2D eigenvalue weighted by molar-refractivity contribution is 7.17. The molecular weight excluding hydrogens is 410 g/mol. The van der Waals surface area contributed by atoms with Crippen LogP contribution in [0.4, 0.5) is 16.2 Å². The number of carbonyl (C=O) groups is 1. The number of pyridine rings is 1. The molecule has 8 heteroatoms. The first kappa shape index (κ1) is 19.6. The van der Waals surface area contributed by atoms with Gasteiger partial charge >= 0.3 is 6.03 Å². The van der Waals surface area contributed by atoms with E-state index in [9.17, 15) is 4.79 Å². The number of ether oxygens (including phenoxy) is 1. The highest BCUT2D eigenvalue weighted by Gasteiger charge is 2.22. The molecule has 1 aliphatic rings. The molecule has 0 unspecified atom stereocenters. The summed E-state index contributed by atoms with van der Waals surface area (Å²) >= 11 is 1.70. The number of rotatable bonds is 4. The molecule has 5 rings (SSSR count). The van der Waals surface area contributed by atoms with Crippen LogP contribution < -0.4 is 10.6 Å². The summed E-state index contributed by atoms with van der Waals surface area (Å²) in [6.45, 7) is 1.55. The molecule has 0 saturated carbocycles. The Morgan fingerprint density at radius 2 is 1.81 bits per heavy atom. The van der Waals surface area contributed by atoms with Gasteiger partial charge in [-0.25, -0.2) is 14.8 Å². The topological polar surface area (TPSA) is 89.0 Å². The van der Waals surface area contributed by atoms with E-state index in [0.29, 0.717) is 23.1 Å². The number of carbonyl (C=O) groups excluding carboxylic acids is 1. The maximum atomic E-state index is 12.2. The van der Waals surface area contributed by atoms with Gasteiger partial charge in [0.05, 0.1) is 27.8 Å². The second-order valence-electron chi connectivity index (χ2n) is 7.35. The number of nitrogens with zero attached hydrogens (tertiary/aromatic N) is 3. The number of fused-ring (bicyclic) bond motifs is 1. The van der Waals surface area contributed by atoms with Crippen LogP contribution in [0.15, 0.2) is 60.2 Å². The Kier molecular flexibility index (Phi) is 5.56.